The number of carbonyl (C=O) groups excluding carboxylic acids is 1. The van der Waals surface area contributed by atoms with Gasteiger partial charge in [0.15, 0.2) is 0 Å². The molecule has 11 heteroatoms. The maximum Gasteiger partial charge on any atom is 0.322 e. The van der Waals surface area contributed by atoms with Gasteiger partial charge in [0.2, 0.25) is 11.9 Å². The van der Waals surface area contributed by atoms with Crippen molar-refractivity contribution >= 4 is 23.8 Å². The highest BCUT2D eigenvalue weighted by Gasteiger charge is 2.16. The second-order valence-electron chi connectivity index (χ2n) is 5.93. The Bertz CT molecular complexity index is 714. The van der Waals surface area contributed by atoms with Crippen LogP contribution in [0.15, 0.2) is 4.42 Å². The first kappa shape index (κ1) is 18.5. The highest BCUT2D eigenvalue weighted by Crippen LogP contribution is 2.13. The van der Waals surface area contributed by atoms with Gasteiger partial charge >= 0.3 is 17.8 Å². The van der Waals surface area contributed by atoms with E-state index in [0.717, 1.165) is 6.54 Å². The summed E-state index contributed by atoms with van der Waals surface area (Å²) in [5, 5.41) is 16.0. The minimum atomic E-state index is -0.437. The van der Waals surface area contributed by atoms with Crippen molar-refractivity contribution in [1.82, 2.24) is 35.4 Å². The van der Waals surface area contributed by atoms with Gasteiger partial charge < -0.3 is 20.0 Å². The summed E-state index contributed by atoms with van der Waals surface area (Å²) in [5.41, 5.74) is 0. The van der Waals surface area contributed by atoms with Crippen LogP contribution in [0.1, 0.15) is 30.4 Å². The van der Waals surface area contributed by atoms with E-state index in [2.05, 4.69) is 41.1 Å². The summed E-state index contributed by atoms with van der Waals surface area (Å²) in [5.74, 6) is 0.648. The molecular formula is C14H23N9O2. The Morgan fingerprint density at radius 3 is 2.56 bits per heavy atom. The van der Waals surface area contributed by atoms with Crippen molar-refractivity contribution in [3.8, 4) is 0 Å². The summed E-state index contributed by atoms with van der Waals surface area (Å²) < 4.78 is 5.27. The smallest absolute Gasteiger partial charge is 0.322 e. The van der Waals surface area contributed by atoms with E-state index in [9.17, 15) is 4.79 Å². The molecule has 0 aliphatic carbocycles. The van der Waals surface area contributed by atoms with Crippen molar-refractivity contribution in [2.24, 2.45) is 0 Å². The molecule has 0 bridgehead atoms. The van der Waals surface area contributed by atoms with Crippen LogP contribution in [0, 0.1) is 6.92 Å². The van der Waals surface area contributed by atoms with Gasteiger partial charge in [0.05, 0.1) is 0 Å². The molecule has 0 aliphatic heterocycles. The zero-order chi connectivity index (χ0) is 18.4. The molecule has 0 saturated heterocycles. The molecule has 0 fully saturated rings. The van der Waals surface area contributed by atoms with Gasteiger partial charge in [0.25, 0.3) is 0 Å². The standard InChI is InChI=1S/C14H23N9O2/c1-8(2)16-10(24)11-21-22-14(25-11)20-13-18-9(3)17-12(19-13)15-6-7-23(4)5/h8H,6-7H2,1-5H3,(H,16,24)(H2,15,17,18,19,20,22). The monoisotopic (exact) mass is 349 g/mol. The number of hydrogen-bond donors (Lipinski definition) is 3. The van der Waals surface area contributed by atoms with Crippen LogP contribution in [0.25, 0.3) is 0 Å². The fraction of sp³-hybridized carbons (Fsp3) is 0.571. The van der Waals surface area contributed by atoms with Gasteiger partial charge in [-0.15, -0.1) is 5.10 Å². The predicted molar refractivity (Wildman–Crippen MR) is 91.8 cm³/mol. The lowest BCUT2D eigenvalue weighted by molar-refractivity contribution is 0.0909. The Balaban J connectivity index is 2.03. The average molecular weight is 349 g/mol. The van der Waals surface area contributed by atoms with Crippen LogP contribution in [0.2, 0.25) is 0 Å². The third-order valence-electron chi connectivity index (χ3n) is 2.85. The molecular weight excluding hydrogens is 326 g/mol. The van der Waals surface area contributed by atoms with Crippen molar-refractivity contribution in [3.63, 3.8) is 0 Å². The van der Waals surface area contributed by atoms with Gasteiger partial charge in [-0.25, -0.2) is 0 Å². The van der Waals surface area contributed by atoms with Crippen molar-refractivity contribution in [1.29, 1.82) is 0 Å². The number of aryl methyl sites for hydroxylation is 1. The highest BCUT2D eigenvalue weighted by atomic mass is 16.4. The second-order valence-corrected chi connectivity index (χ2v) is 5.93. The Morgan fingerprint density at radius 1 is 1.16 bits per heavy atom. The Hall–Kier alpha value is -2.82. The minimum absolute atomic E-state index is 0.0266. The molecule has 3 N–H and O–H groups in total. The highest BCUT2D eigenvalue weighted by molar-refractivity contribution is 5.89. The van der Waals surface area contributed by atoms with Crippen LogP contribution in [0.4, 0.5) is 17.9 Å². The van der Waals surface area contributed by atoms with E-state index in [4.69, 9.17) is 4.42 Å². The lowest BCUT2D eigenvalue weighted by Gasteiger charge is -2.11. The normalized spacial score (nSPS) is 11.0. The number of amides is 1. The van der Waals surface area contributed by atoms with Crippen LogP contribution in [0.3, 0.4) is 0 Å². The topological polar surface area (TPSA) is 134 Å². The van der Waals surface area contributed by atoms with Crippen LogP contribution < -0.4 is 16.0 Å². The fourth-order valence-electron chi connectivity index (χ4n) is 1.79. The van der Waals surface area contributed by atoms with E-state index in [1.807, 2.05) is 32.8 Å². The third kappa shape index (κ3) is 5.95. The summed E-state index contributed by atoms with van der Waals surface area (Å²) in [6.07, 6.45) is 0. The maximum atomic E-state index is 11.8. The number of aromatic nitrogens is 5. The maximum absolute atomic E-state index is 11.8. The van der Waals surface area contributed by atoms with Crippen molar-refractivity contribution in [2.75, 3.05) is 37.8 Å². The molecule has 0 aromatic carbocycles. The van der Waals surface area contributed by atoms with Crippen LogP contribution in [-0.4, -0.2) is 69.2 Å². The van der Waals surface area contributed by atoms with E-state index in [-0.39, 0.29) is 23.9 Å². The first-order valence-corrected chi connectivity index (χ1v) is 7.86. The number of carbonyl (C=O) groups is 1. The number of likely N-dealkylation sites (N-methyl/N-ethyl adjacent to an activating group) is 1. The quantitative estimate of drug-likeness (QED) is 0.615. The summed E-state index contributed by atoms with van der Waals surface area (Å²) in [7, 11) is 3.96. The van der Waals surface area contributed by atoms with Crippen LogP contribution >= 0.6 is 0 Å². The zero-order valence-corrected chi connectivity index (χ0v) is 15.0. The van der Waals surface area contributed by atoms with Gasteiger partial charge in [-0.2, -0.15) is 15.0 Å². The number of nitrogens with one attached hydrogen (secondary N) is 3. The molecule has 0 unspecified atom stereocenters. The molecule has 136 valence electrons. The van der Waals surface area contributed by atoms with E-state index < -0.39 is 5.91 Å². The van der Waals surface area contributed by atoms with Crippen molar-refractivity contribution in [2.45, 2.75) is 26.8 Å². The van der Waals surface area contributed by atoms with Crippen LogP contribution in [-0.2, 0) is 0 Å². The van der Waals surface area contributed by atoms with Gasteiger partial charge in [0, 0.05) is 19.1 Å². The zero-order valence-electron chi connectivity index (χ0n) is 15.0. The Morgan fingerprint density at radius 2 is 1.88 bits per heavy atom. The van der Waals surface area contributed by atoms with Crippen molar-refractivity contribution < 1.29 is 9.21 Å². The molecule has 2 rings (SSSR count). The van der Waals surface area contributed by atoms with Crippen LogP contribution in [0.5, 0.6) is 0 Å². The molecule has 25 heavy (non-hydrogen) atoms. The second kappa shape index (κ2) is 8.33. The molecule has 2 aromatic heterocycles. The predicted octanol–water partition coefficient (Wildman–Crippen LogP) is 0.418. The van der Waals surface area contributed by atoms with E-state index in [0.29, 0.717) is 18.3 Å². The number of nitrogens with zero attached hydrogens (tertiary/aromatic N) is 6. The molecule has 11 nitrogen and oxygen atoms in total. The number of hydrogen-bond acceptors (Lipinski definition) is 10. The molecule has 0 radical (unpaired) electrons. The molecule has 2 heterocycles. The summed E-state index contributed by atoms with van der Waals surface area (Å²) in [6.45, 7) is 6.96. The number of rotatable bonds is 8. The molecule has 2 aromatic rings. The summed E-state index contributed by atoms with van der Waals surface area (Å²) >= 11 is 0. The SMILES string of the molecule is Cc1nc(NCCN(C)C)nc(Nc2nnc(C(=O)NC(C)C)o2)n1. The Labute approximate surface area is 145 Å². The van der Waals surface area contributed by atoms with E-state index >= 15 is 0 Å². The van der Waals surface area contributed by atoms with E-state index in [1.54, 1.807) is 6.92 Å². The Kier molecular flexibility index (Phi) is 6.17. The molecule has 0 atom stereocenters. The molecule has 1 amide bonds. The van der Waals surface area contributed by atoms with Gasteiger partial charge in [-0.05, 0) is 34.9 Å². The van der Waals surface area contributed by atoms with Gasteiger partial charge in [-0.3, -0.25) is 10.1 Å². The molecule has 0 spiro atoms. The lowest BCUT2D eigenvalue weighted by Crippen LogP contribution is -2.30. The van der Waals surface area contributed by atoms with E-state index in [1.165, 1.54) is 0 Å². The first-order valence-electron chi connectivity index (χ1n) is 7.86. The largest absolute Gasteiger partial charge is 0.399 e. The van der Waals surface area contributed by atoms with Gasteiger partial charge in [-0.1, -0.05) is 5.10 Å². The summed E-state index contributed by atoms with van der Waals surface area (Å²) in [4.78, 5) is 26.5. The van der Waals surface area contributed by atoms with Gasteiger partial charge in [0.1, 0.15) is 5.82 Å². The molecule has 0 aliphatic rings. The van der Waals surface area contributed by atoms with Crippen molar-refractivity contribution in [3.05, 3.63) is 11.7 Å². The first-order chi connectivity index (χ1) is 11.8. The average Bonchev–Trinajstić information content (AvgIpc) is 2.94. The fourth-order valence-corrected chi connectivity index (χ4v) is 1.79. The minimum Gasteiger partial charge on any atom is -0.399 e. The molecule has 0 saturated carbocycles. The summed E-state index contributed by atoms with van der Waals surface area (Å²) in [6, 6.07) is -0.00321. The third-order valence-corrected chi connectivity index (χ3v) is 2.85. The lowest BCUT2D eigenvalue weighted by atomic mass is 10.4. The number of anilines is 3.